The number of nitrogens with one attached hydrogen (secondary N) is 1. The fourth-order valence-electron chi connectivity index (χ4n) is 3.83. The molecule has 4 heterocycles. The summed E-state index contributed by atoms with van der Waals surface area (Å²) in [7, 11) is 0. The molecule has 29 heavy (non-hydrogen) atoms. The first-order valence-corrected chi connectivity index (χ1v) is 9.69. The molecule has 1 saturated carbocycles. The van der Waals surface area contributed by atoms with Crippen molar-refractivity contribution >= 4 is 22.6 Å². The van der Waals surface area contributed by atoms with E-state index in [1.165, 1.54) is 37.9 Å². The standard InChI is InChI=1S/C20H19N7O2/c28-18(14-7-4-9-21-11-14)25-26-10-8-16-15(19(26)29)12-22-20-23-17(24-27(16)20)13-5-2-1-3-6-13/h4,7-13H,1-3,5-6H2,(H,25,28). The lowest BCUT2D eigenvalue weighted by Crippen LogP contribution is -2.33. The molecule has 0 bridgehead atoms. The molecule has 1 fully saturated rings. The van der Waals surface area contributed by atoms with Gasteiger partial charge in [-0.2, -0.15) is 9.50 Å². The average Bonchev–Trinajstić information content (AvgIpc) is 3.21. The van der Waals surface area contributed by atoms with Crippen molar-refractivity contribution in [3.8, 4) is 0 Å². The normalized spacial score (nSPS) is 15.0. The van der Waals surface area contributed by atoms with E-state index >= 15 is 0 Å². The Morgan fingerprint density at radius 1 is 1.14 bits per heavy atom. The highest BCUT2D eigenvalue weighted by atomic mass is 16.2. The van der Waals surface area contributed by atoms with E-state index in [-0.39, 0.29) is 5.56 Å². The molecule has 4 aromatic heterocycles. The Kier molecular flexibility index (Phi) is 4.27. The van der Waals surface area contributed by atoms with Gasteiger partial charge in [0.25, 0.3) is 17.2 Å². The first-order valence-electron chi connectivity index (χ1n) is 9.69. The van der Waals surface area contributed by atoms with Crippen LogP contribution in [-0.2, 0) is 0 Å². The fraction of sp³-hybridized carbons (Fsp3) is 0.300. The predicted molar refractivity (Wildman–Crippen MR) is 106 cm³/mol. The molecule has 0 radical (unpaired) electrons. The van der Waals surface area contributed by atoms with Crippen LogP contribution in [-0.4, -0.2) is 35.1 Å². The van der Waals surface area contributed by atoms with Crippen molar-refractivity contribution < 1.29 is 4.79 Å². The lowest BCUT2D eigenvalue weighted by atomic mass is 9.89. The Labute approximate surface area is 165 Å². The quantitative estimate of drug-likeness (QED) is 0.576. The second-order valence-electron chi connectivity index (χ2n) is 7.25. The fourth-order valence-corrected chi connectivity index (χ4v) is 3.83. The van der Waals surface area contributed by atoms with Crippen molar-refractivity contribution in [2.45, 2.75) is 38.0 Å². The lowest BCUT2D eigenvalue weighted by Gasteiger charge is -2.17. The molecule has 0 spiro atoms. The zero-order chi connectivity index (χ0) is 19.8. The minimum Gasteiger partial charge on any atom is -0.267 e. The van der Waals surface area contributed by atoms with Crippen LogP contribution in [0.15, 0.2) is 47.8 Å². The number of nitrogens with zero attached hydrogens (tertiary/aromatic N) is 6. The van der Waals surface area contributed by atoms with Gasteiger partial charge in [0, 0.05) is 30.7 Å². The molecule has 1 amide bonds. The second kappa shape index (κ2) is 7.08. The van der Waals surface area contributed by atoms with Crippen LogP contribution >= 0.6 is 0 Å². The molecule has 1 N–H and O–H groups in total. The third kappa shape index (κ3) is 3.14. The number of hydrogen-bond acceptors (Lipinski definition) is 6. The number of pyridine rings is 2. The van der Waals surface area contributed by atoms with E-state index in [2.05, 4.69) is 25.5 Å². The summed E-state index contributed by atoms with van der Waals surface area (Å²) in [5.74, 6) is 1.20. The van der Waals surface area contributed by atoms with Gasteiger partial charge in [0.15, 0.2) is 5.82 Å². The largest absolute Gasteiger partial charge is 0.280 e. The molecule has 0 aromatic carbocycles. The summed E-state index contributed by atoms with van der Waals surface area (Å²) >= 11 is 0. The summed E-state index contributed by atoms with van der Waals surface area (Å²) in [4.78, 5) is 38.0. The van der Waals surface area contributed by atoms with E-state index in [4.69, 9.17) is 0 Å². The van der Waals surface area contributed by atoms with Gasteiger partial charge in [-0.15, -0.1) is 5.10 Å². The van der Waals surface area contributed by atoms with E-state index in [0.29, 0.717) is 28.2 Å². The Balaban J connectivity index is 1.53. The van der Waals surface area contributed by atoms with Crippen molar-refractivity contribution in [3.63, 3.8) is 0 Å². The molecule has 0 saturated heterocycles. The number of carbonyl (C=O) groups excluding carboxylic acids is 1. The van der Waals surface area contributed by atoms with Gasteiger partial charge in [0.2, 0.25) is 0 Å². The molecule has 0 aliphatic heterocycles. The summed E-state index contributed by atoms with van der Waals surface area (Å²) in [5, 5.41) is 5.00. The Morgan fingerprint density at radius 2 is 2.00 bits per heavy atom. The van der Waals surface area contributed by atoms with Crippen molar-refractivity contribution in [2.75, 3.05) is 5.43 Å². The topological polar surface area (TPSA) is 107 Å². The van der Waals surface area contributed by atoms with Gasteiger partial charge in [0.05, 0.1) is 16.5 Å². The van der Waals surface area contributed by atoms with Crippen LogP contribution in [0.4, 0.5) is 0 Å². The summed E-state index contributed by atoms with van der Waals surface area (Å²) in [6, 6.07) is 5.02. The monoisotopic (exact) mass is 389 g/mol. The number of rotatable bonds is 3. The number of amides is 1. The minimum atomic E-state index is -0.422. The lowest BCUT2D eigenvalue weighted by molar-refractivity contribution is 0.101. The van der Waals surface area contributed by atoms with Crippen molar-refractivity contribution in [1.82, 2.24) is 29.2 Å². The highest BCUT2D eigenvalue weighted by Crippen LogP contribution is 2.31. The van der Waals surface area contributed by atoms with Gasteiger partial charge in [-0.3, -0.25) is 20.0 Å². The van der Waals surface area contributed by atoms with Crippen molar-refractivity contribution in [3.05, 3.63) is 64.7 Å². The summed E-state index contributed by atoms with van der Waals surface area (Å²) in [6.45, 7) is 0. The molecule has 9 heteroatoms. The van der Waals surface area contributed by atoms with Crippen LogP contribution in [0.25, 0.3) is 16.7 Å². The maximum absolute atomic E-state index is 12.9. The summed E-state index contributed by atoms with van der Waals surface area (Å²) < 4.78 is 2.76. The molecule has 9 nitrogen and oxygen atoms in total. The SMILES string of the molecule is O=C(Nn1ccc2c(cnc3nc(C4CCCCC4)nn32)c1=O)c1cccnc1. The van der Waals surface area contributed by atoms with Crippen LogP contribution in [0.2, 0.25) is 0 Å². The number of carbonyl (C=O) groups is 1. The molecular formula is C20H19N7O2. The second-order valence-corrected chi connectivity index (χ2v) is 7.25. The molecule has 4 aromatic rings. The highest BCUT2D eigenvalue weighted by molar-refractivity contribution is 5.99. The van der Waals surface area contributed by atoms with Gasteiger partial charge in [-0.1, -0.05) is 19.3 Å². The van der Waals surface area contributed by atoms with Crippen LogP contribution in [0.3, 0.4) is 0 Å². The summed E-state index contributed by atoms with van der Waals surface area (Å²) in [5.41, 5.74) is 3.17. The zero-order valence-corrected chi connectivity index (χ0v) is 15.7. The molecule has 1 aliphatic rings. The smallest absolute Gasteiger partial charge is 0.267 e. The highest BCUT2D eigenvalue weighted by Gasteiger charge is 2.21. The first kappa shape index (κ1) is 17.5. The van der Waals surface area contributed by atoms with Gasteiger partial charge in [0.1, 0.15) is 0 Å². The zero-order valence-electron chi connectivity index (χ0n) is 15.7. The van der Waals surface area contributed by atoms with E-state index in [9.17, 15) is 9.59 Å². The third-order valence-electron chi connectivity index (χ3n) is 5.37. The van der Waals surface area contributed by atoms with Crippen LogP contribution in [0.1, 0.15) is 54.2 Å². The van der Waals surface area contributed by atoms with E-state index in [1.54, 1.807) is 28.9 Å². The van der Waals surface area contributed by atoms with Gasteiger partial charge in [-0.05, 0) is 31.0 Å². The van der Waals surface area contributed by atoms with E-state index < -0.39 is 5.91 Å². The Bertz CT molecular complexity index is 1260. The number of aromatic nitrogens is 6. The molecule has 146 valence electrons. The van der Waals surface area contributed by atoms with Crippen LogP contribution < -0.4 is 11.0 Å². The van der Waals surface area contributed by atoms with Gasteiger partial charge < -0.3 is 0 Å². The van der Waals surface area contributed by atoms with E-state index in [0.717, 1.165) is 23.3 Å². The third-order valence-corrected chi connectivity index (χ3v) is 5.37. The molecule has 1 aliphatic carbocycles. The first-order chi connectivity index (χ1) is 14.2. The van der Waals surface area contributed by atoms with Crippen LogP contribution in [0.5, 0.6) is 0 Å². The Morgan fingerprint density at radius 3 is 2.79 bits per heavy atom. The number of fused-ring (bicyclic) bond motifs is 3. The maximum Gasteiger partial charge on any atom is 0.280 e. The average molecular weight is 389 g/mol. The molecule has 5 rings (SSSR count). The van der Waals surface area contributed by atoms with Crippen molar-refractivity contribution in [2.24, 2.45) is 0 Å². The van der Waals surface area contributed by atoms with Gasteiger partial charge >= 0.3 is 0 Å². The minimum absolute atomic E-state index is 0.347. The molecular weight excluding hydrogens is 370 g/mol. The Hall–Kier alpha value is -3.62. The maximum atomic E-state index is 12.9. The summed E-state index contributed by atoms with van der Waals surface area (Å²) in [6.07, 6.45) is 11.8. The number of hydrogen-bond donors (Lipinski definition) is 1. The van der Waals surface area contributed by atoms with Gasteiger partial charge in [-0.25, -0.2) is 9.66 Å². The molecule has 0 unspecified atom stereocenters. The van der Waals surface area contributed by atoms with Crippen LogP contribution in [0, 0.1) is 0 Å². The predicted octanol–water partition coefficient (Wildman–Crippen LogP) is 2.27. The molecule has 0 atom stereocenters. The van der Waals surface area contributed by atoms with E-state index in [1.807, 2.05) is 0 Å². The van der Waals surface area contributed by atoms with Crippen molar-refractivity contribution in [1.29, 1.82) is 0 Å².